The van der Waals surface area contributed by atoms with E-state index in [0.717, 1.165) is 9.57 Å². The lowest BCUT2D eigenvalue weighted by atomic mass is 10.3. The van der Waals surface area contributed by atoms with Gasteiger partial charge in [-0.2, -0.15) is 0 Å². The molecule has 56 valence electrons. The average molecular weight is 223 g/mol. The third-order valence-electron chi connectivity index (χ3n) is 1.06. The minimum absolute atomic E-state index is 0.0943. The zero-order valence-corrected chi connectivity index (χ0v) is 7.54. The van der Waals surface area contributed by atoms with Gasteiger partial charge in [0.2, 0.25) is 0 Å². The summed E-state index contributed by atoms with van der Waals surface area (Å²) in [6.07, 6.45) is 1.93. The number of halogens is 1. The molecule has 0 bridgehead atoms. The van der Waals surface area contributed by atoms with Gasteiger partial charge in [-0.25, -0.2) is 4.79 Å². The van der Waals surface area contributed by atoms with Gasteiger partial charge in [0.15, 0.2) is 0 Å². The molecular weight excluding hydrogens is 216 g/mol. The van der Waals surface area contributed by atoms with Gasteiger partial charge in [0, 0.05) is 9.57 Å². The number of thioether (sulfide) groups is 1. The van der Waals surface area contributed by atoms with Crippen LogP contribution in [0, 0.1) is 0 Å². The first-order valence-electron chi connectivity index (χ1n) is 2.74. The summed E-state index contributed by atoms with van der Waals surface area (Å²) in [6.45, 7) is 0. The first kappa shape index (κ1) is 7.94. The van der Waals surface area contributed by atoms with Crippen LogP contribution in [0.25, 0.3) is 0 Å². The number of hydrogen-bond acceptors (Lipinski definition) is 2. The van der Waals surface area contributed by atoms with Crippen molar-refractivity contribution in [1.82, 2.24) is 5.32 Å². The first-order chi connectivity index (χ1) is 4.68. The summed E-state index contributed by atoms with van der Waals surface area (Å²) in [5.41, 5.74) is 4.91. The molecule has 1 heterocycles. The zero-order chi connectivity index (χ0) is 7.56. The van der Waals surface area contributed by atoms with Crippen LogP contribution in [0.3, 0.4) is 0 Å². The third-order valence-corrected chi connectivity index (χ3v) is 2.95. The fraction of sp³-hybridized carbons (Fsp3) is 0.400. The molecule has 0 aromatic heterocycles. The molecule has 3 N–H and O–H groups in total. The summed E-state index contributed by atoms with van der Waals surface area (Å²) in [7, 11) is 0. The van der Waals surface area contributed by atoms with E-state index in [2.05, 4.69) is 21.2 Å². The summed E-state index contributed by atoms with van der Waals surface area (Å²) in [4.78, 5) is 10.3. The number of primary amides is 1. The maximum Gasteiger partial charge on any atom is 0.312 e. The van der Waals surface area contributed by atoms with Crippen molar-refractivity contribution < 1.29 is 4.79 Å². The third kappa shape index (κ3) is 2.22. The fourth-order valence-corrected chi connectivity index (χ4v) is 2.18. The normalized spacial score (nSPS) is 24.1. The van der Waals surface area contributed by atoms with Gasteiger partial charge in [0.1, 0.15) is 0 Å². The molecule has 0 aromatic rings. The molecule has 0 saturated carbocycles. The van der Waals surface area contributed by atoms with Crippen molar-refractivity contribution in [3.63, 3.8) is 0 Å². The molecule has 1 aliphatic rings. The quantitative estimate of drug-likeness (QED) is 0.696. The number of amides is 2. The van der Waals surface area contributed by atoms with Gasteiger partial charge >= 0.3 is 6.03 Å². The number of rotatable bonds is 1. The fourth-order valence-electron chi connectivity index (χ4n) is 0.690. The Morgan fingerprint density at radius 1 is 2.00 bits per heavy atom. The van der Waals surface area contributed by atoms with Crippen LogP contribution in [-0.2, 0) is 0 Å². The SMILES string of the molecule is NC(=O)NC1C=C(Br)SC1. The van der Waals surface area contributed by atoms with Gasteiger partial charge in [-0.3, -0.25) is 0 Å². The van der Waals surface area contributed by atoms with E-state index in [1.54, 1.807) is 11.8 Å². The second kappa shape index (κ2) is 3.30. The van der Waals surface area contributed by atoms with Crippen molar-refractivity contribution >= 4 is 33.7 Å². The van der Waals surface area contributed by atoms with Crippen molar-refractivity contribution in [3.8, 4) is 0 Å². The Labute approximate surface area is 71.5 Å². The largest absolute Gasteiger partial charge is 0.352 e. The Hall–Kier alpha value is -0.160. The van der Waals surface area contributed by atoms with E-state index in [1.807, 2.05) is 6.08 Å². The summed E-state index contributed by atoms with van der Waals surface area (Å²) in [6, 6.07) is -0.374. The summed E-state index contributed by atoms with van der Waals surface area (Å²) in [5, 5.41) is 2.58. The van der Waals surface area contributed by atoms with Gasteiger partial charge < -0.3 is 11.1 Å². The van der Waals surface area contributed by atoms with E-state index in [4.69, 9.17) is 5.73 Å². The van der Waals surface area contributed by atoms with Crippen molar-refractivity contribution in [2.45, 2.75) is 6.04 Å². The monoisotopic (exact) mass is 222 g/mol. The molecule has 2 amide bonds. The lowest BCUT2D eigenvalue weighted by Crippen LogP contribution is -2.37. The van der Waals surface area contributed by atoms with Crippen LogP contribution in [0.1, 0.15) is 0 Å². The summed E-state index contributed by atoms with van der Waals surface area (Å²) in [5.74, 6) is 0.865. The van der Waals surface area contributed by atoms with Gasteiger partial charge in [-0.05, 0) is 22.0 Å². The maximum absolute atomic E-state index is 10.3. The molecule has 10 heavy (non-hydrogen) atoms. The Bertz CT molecular complexity index is 182. The lowest BCUT2D eigenvalue weighted by molar-refractivity contribution is 0.248. The van der Waals surface area contributed by atoms with E-state index in [9.17, 15) is 4.79 Å². The van der Waals surface area contributed by atoms with Crippen LogP contribution in [0.2, 0.25) is 0 Å². The van der Waals surface area contributed by atoms with Crippen LogP contribution in [-0.4, -0.2) is 17.8 Å². The number of carbonyl (C=O) groups is 1. The number of hydrogen-bond donors (Lipinski definition) is 2. The number of nitrogens with one attached hydrogen (secondary N) is 1. The van der Waals surface area contributed by atoms with E-state index in [-0.39, 0.29) is 6.04 Å². The predicted molar refractivity (Wildman–Crippen MR) is 46.0 cm³/mol. The van der Waals surface area contributed by atoms with Crippen LogP contribution in [0.4, 0.5) is 4.79 Å². The standard InChI is InChI=1S/C5H7BrN2OS/c6-4-1-3(2-10-4)8-5(7)9/h1,3H,2H2,(H3,7,8,9). The Balaban J connectivity index is 2.38. The number of carbonyl (C=O) groups excluding carboxylic acids is 1. The molecule has 0 fully saturated rings. The second-order valence-corrected chi connectivity index (χ2v) is 4.34. The van der Waals surface area contributed by atoms with E-state index < -0.39 is 6.03 Å². The molecule has 0 saturated heterocycles. The maximum atomic E-state index is 10.3. The molecule has 5 heteroatoms. The summed E-state index contributed by atoms with van der Waals surface area (Å²) >= 11 is 4.96. The summed E-state index contributed by atoms with van der Waals surface area (Å²) < 4.78 is 1.06. The first-order valence-corrected chi connectivity index (χ1v) is 4.52. The van der Waals surface area contributed by atoms with E-state index in [1.165, 1.54) is 0 Å². The van der Waals surface area contributed by atoms with Crippen LogP contribution in [0.5, 0.6) is 0 Å². The highest BCUT2D eigenvalue weighted by atomic mass is 79.9. The van der Waals surface area contributed by atoms with Crippen molar-refractivity contribution in [1.29, 1.82) is 0 Å². The Kier molecular flexibility index (Phi) is 2.62. The number of urea groups is 1. The zero-order valence-electron chi connectivity index (χ0n) is 5.13. The molecule has 0 spiro atoms. The second-order valence-electron chi connectivity index (χ2n) is 1.90. The minimum Gasteiger partial charge on any atom is -0.352 e. The van der Waals surface area contributed by atoms with Crippen LogP contribution < -0.4 is 11.1 Å². The molecule has 0 aromatic carbocycles. The van der Waals surface area contributed by atoms with Crippen molar-refractivity contribution in [2.24, 2.45) is 5.73 Å². The highest BCUT2D eigenvalue weighted by molar-refractivity contribution is 9.14. The molecule has 0 radical (unpaired) electrons. The molecule has 1 atom stereocenters. The van der Waals surface area contributed by atoms with Crippen molar-refractivity contribution in [2.75, 3.05) is 5.75 Å². The Morgan fingerprint density at radius 2 is 2.70 bits per heavy atom. The molecule has 1 unspecified atom stereocenters. The molecule has 1 aliphatic heterocycles. The highest BCUT2D eigenvalue weighted by Crippen LogP contribution is 2.29. The van der Waals surface area contributed by atoms with E-state index in [0.29, 0.717) is 0 Å². The molecular formula is C5H7BrN2OS. The predicted octanol–water partition coefficient (Wildman–Crippen LogP) is 1.01. The van der Waals surface area contributed by atoms with E-state index >= 15 is 0 Å². The average Bonchev–Trinajstić information content (AvgIpc) is 2.13. The van der Waals surface area contributed by atoms with Gasteiger partial charge in [0.25, 0.3) is 0 Å². The van der Waals surface area contributed by atoms with Crippen molar-refractivity contribution in [3.05, 3.63) is 9.89 Å². The van der Waals surface area contributed by atoms with Gasteiger partial charge in [-0.15, -0.1) is 11.8 Å². The molecule has 0 aliphatic carbocycles. The van der Waals surface area contributed by atoms with Gasteiger partial charge in [-0.1, -0.05) is 0 Å². The lowest BCUT2D eigenvalue weighted by Gasteiger charge is -2.04. The Morgan fingerprint density at radius 3 is 3.10 bits per heavy atom. The highest BCUT2D eigenvalue weighted by Gasteiger charge is 2.14. The minimum atomic E-state index is -0.468. The topological polar surface area (TPSA) is 55.1 Å². The smallest absolute Gasteiger partial charge is 0.312 e. The molecule has 1 rings (SSSR count). The van der Waals surface area contributed by atoms with Gasteiger partial charge in [0.05, 0.1) is 6.04 Å². The van der Waals surface area contributed by atoms with Crippen LogP contribution in [0.15, 0.2) is 9.89 Å². The number of nitrogens with two attached hydrogens (primary N) is 1. The molecule has 3 nitrogen and oxygen atoms in total. The van der Waals surface area contributed by atoms with Crippen LogP contribution >= 0.6 is 27.7 Å².